The number of amides is 1. The van der Waals surface area contributed by atoms with Crippen LogP contribution >= 0.6 is 0 Å². The molecule has 0 saturated carbocycles. The molecule has 1 amide bonds. The second-order valence-electron chi connectivity index (χ2n) is 6.09. The van der Waals surface area contributed by atoms with E-state index in [9.17, 15) is 4.79 Å². The minimum Gasteiger partial charge on any atom is -0.384 e. The Bertz CT molecular complexity index is 839. The number of rotatable bonds is 6. The molecule has 0 spiro atoms. The SMILES string of the molecule is C=C(N=C(NN)[C@@H](N)c1ccccc1)C(=O)NCc1c(C)cc(N)nc1C. The third-order valence-corrected chi connectivity index (χ3v) is 4.12. The van der Waals surface area contributed by atoms with Crippen LogP contribution in [-0.4, -0.2) is 16.7 Å². The van der Waals surface area contributed by atoms with E-state index < -0.39 is 11.9 Å². The van der Waals surface area contributed by atoms with E-state index in [2.05, 4.69) is 27.3 Å². The Morgan fingerprint density at radius 1 is 1.30 bits per heavy atom. The lowest BCUT2D eigenvalue weighted by Crippen LogP contribution is -2.39. The highest BCUT2D eigenvalue weighted by Gasteiger charge is 2.15. The van der Waals surface area contributed by atoms with Crippen LogP contribution in [0.5, 0.6) is 0 Å². The number of nitrogen functional groups attached to an aromatic ring is 1. The zero-order valence-corrected chi connectivity index (χ0v) is 15.5. The summed E-state index contributed by atoms with van der Waals surface area (Å²) in [5, 5.41) is 2.77. The van der Waals surface area contributed by atoms with Crippen molar-refractivity contribution in [3.8, 4) is 0 Å². The molecule has 27 heavy (non-hydrogen) atoms. The molecule has 0 saturated heterocycles. The first-order valence-corrected chi connectivity index (χ1v) is 8.39. The molecule has 8 N–H and O–H groups in total. The van der Waals surface area contributed by atoms with Gasteiger partial charge in [-0.2, -0.15) is 0 Å². The summed E-state index contributed by atoms with van der Waals surface area (Å²) < 4.78 is 0. The van der Waals surface area contributed by atoms with E-state index in [1.807, 2.05) is 44.2 Å². The summed E-state index contributed by atoms with van der Waals surface area (Å²) in [5.41, 5.74) is 17.7. The van der Waals surface area contributed by atoms with Crippen LogP contribution in [0, 0.1) is 13.8 Å². The van der Waals surface area contributed by atoms with Crippen molar-refractivity contribution < 1.29 is 4.79 Å². The van der Waals surface area contributed by atoms with Gasteiger partial charge in [0.25, 0.3) is 5.91 Å². The Morgan fingerprint density at radius 3 is 2.56 bits per heavy atom. The molecule has 0 radical (unpaired) electrons. The maximum absolute atomic E-state index is 12.3. The van der Waals surface area contributed by atoms with Crippen LogP contribution in [0.1, 0.15) is 28.4 Å². The lowest BCUT2D eigenvalue weighted by molar-refractivity contribution is -0.117. The van der Waals surface area contributed by atoms with Crippen LogP contribution in [0.2, 0.25) is 0 Å². The fourth-order valence-corrected chi connectivity index (χ4v) is 2.63. The van der Waals surface area contributed by atoms with E-state index in [0.717, 1.165) is 22.4 Å². The van der Waals surface area contributed by atoms with E-state index in [0.29, 0.717) is 5.82 Å². The van der Waals surface area contributed by atoms with Gasteiger partial charge in [0.2, 0.25) is 0 Å². The molecule has 1 aromatic carbocycles. The third-order valence-electron chi connectivity index (χ3n) is 4.12. The quantitative estimate of drug-likeness (QED) is 0.169. The number of hydrazine groups is 1. The topological polar surface area (TPSA) is 144 Å². The summed E-state index contributed by atoms with van der Waals surface area (Å²) in [4.78, 5) is 20.7. The van der Waals surface area contributed by atoms with E-state index in [1.165, 1.54) is 0 Å². The van der Waals surface area contributed by atoms with Crippen LogP contribution < -0.4 is 28.1 Å². The molecular weight excluding hydrogens is 342 g/mol. The molecule has 0 aliphatic carbocycles. The number of hydrogen-bond acceptors (Lipinski definition) is 6. The summed E-state index contributed by atoms with van der Waals surface area (Å²) in [5.74, 6) is 5.78. The normalized spacial score (nSPS) is 12.4. The average molecular weight is 367 g/mol. The lowest BCUT2D eigenvalue weighted by atomic mass is 10.1. The summed E-state index contributed by atoms with van der Waals surface area (Å²) in [7, 11) is 0. The number of benzene rings is 1. The number of aliphatic imine (C=N–C) groups is 1. The molecule has 2 rings (SSSR count). The molecule has 0 aliphatic heterocycles. The Labute approximate surface area is 158 Å². The number of carbonyl (C=O) groups is 1. The van der Waals surface area contributed by atoms with Gasteiger partial charge in [-0.3, -0.25) is 4.79 Å². The number of nitrogens with zero attached hydrogens (tertiary/aromatic N) is 2. The first-order valence-electron chi connectivity index (χ1n) is 8.39. The van der Waals surface area contributed by atoms with Gasteiger partial charge in [-0.1, -0.05) is 36.9 Å². The maximum atomic E-state index is 12.3. The van der Waals surface area contributed by atoms with Gasteiger partial charge >= 0.3 is 0 Å². The van der Waals surface area contributed by atoms with Crippen LogP contribution in [-0.2, 0) is 11.3 Å². The van der Waals surface area contributed by atoms with Crippen molar-refractivity contribution in [3.63, 3.8) is 0 Å². The van der Waals surface area contributed by atoms with Crippen LogP contribution in [0.15, 0.2) is 53.7 Å². The van der Waals surface area contributed by atoms with Crippen molar-refractivity contribution in [2.45, 2.75) is 26.4 Å². The molecule has 8 nitrogen and oxygen atoms in total. The number of pyridine rings is 1. The molecule has 0 fully saturated rings. The number of aromatic nitrogens is 1. The smallest absolute Gasteiger partial charge is 0.269 e. The molecule has 0 bridgehead atoms. The molecule has 1 atom stereocenters. The standard InChI is InChI=1S/C19H25N7O/c1-11-9-16(20)24-12(2)15(11)10-23-19(27)13(3)25-18(26-22)17(21)14-7-5-4-6-8-14/h4-9,17H,3,10,21-22H2,1-2H3,(H2,20,24)(H,23,27)(H,25,26)/t17-/m0/s1. The van der Waals surface area contributed by atoms with Gasteiger partial charge in [-0.05, 0) is 36.6 Å². The zero-order chi connectivity index (χ0) is 20.0. The van der Waals surface area contributed by atoms with Gasteiger partial charge in [0, 0.05) is 12.2 Å². The van der Waals surface area contributed by atoms with Crippen molar-refractivity contribution in [1.82, 2.24) is 15.7 Å². The first-order chi connectivity index (χ1) is 12.8. The molecular formula is C19H25N7O. The number of amidine groups is 1. The summed E-state index contributed by atoms with van der Waals surface area (Å²) in [6, 6.07) is 10.4. The van der Waals surface area contributed by atoms with Gasteiger partial charge in [0.15, 0.2) is 0 Å². The van der Waals surface area contributed by atoms with Crippen LogP contribution in [0.3, 0.4) is 0 Å². The number of hydrogen-bond donors (Lipinski definition) is 5. The highest BCUT2D eigenvalue weighted by atomic mass is 16.2. The van der Waals surface area contributed by atoms with Crippen LogP contribution in [0.25, 0.3) is 0 Å². The monoisotopic (exact) mass is 367 g/mol. The van der Waals surface area contributed by atoms with Gasteiger partial charge in [0.1, 0.15) is 17.4 Å². The summed E-state index contributed by atoms with van der Waals surface area (Å²) >= 11 is 0. The minimum atomic E-state index is -0.605. The Hall–Kier alpha value is -3.23. The second kappa shape index (κ2) is 8.93. The predicted molar refractivity (Wildman–Crippen MR) is 107 cm³/mol. The lowest BCUT2D eigenvalue weighted by Gasteiger charge is -2.15. The molecule has 1 aromatic heterocycles. The number of carbonyl (C=O) groups excluding carboxylic acids is 1. The minimum absolute atomic E-state index is 0.00644. The summed E-state index contributed by atoms with van der Waals surface area (Å²) in [6.07, 6.45) is 0. The molecule has 0 aliphatic rings. The second-order valence-corrected chi connectivity index (χ2v) is 6.09. The Kier molecular flexibility index (Phi) is 6.64. The van der Waals surface area contributed by atoms with Gasteiger partial charge < -0.3 is 22.2 Å². The zero-order valence-electron chi connectivity index (χ0n) is 15.5. The van der Waals surface area contributed by atoms with E-state index in [-0.39, 0.29) is 18.1 Å². The fourth-order valence-electron chi connectivity index (χ4n) is 2.63. The molecule has 8 heteroatoms. The van der Waals surface area contributed by atoms with Gasteiger partial charge in [-0.15, -0.1) is 0 Å². The van der Waals surface area contributed by atoms with Crippen molar-refractivity contribution in [3.05, 3.63) is 71.1 Å². The van der Waals surface area contributed by atoms with Gasteiger partial charge in [-0.25, -0.2) is 15.8 Å². The largest absolute Gasteiger partial charge is 0.384 e. The van der Waals surface area contributed by atoms with Crippen molar-refractivity contribution in [2.24, 2.45) is 16.6 Å². The molecule has 1 heterocycles. The number of aryl methyl sites for hydroxylation is 2. The predicted octanol–water partition coefficient (Wildman–Crippen LogP) is 0.972. The van der Waals surface area contributed by atoms with Crippen molar-refractivity contribution >= 4 is 17.6 Å². The van der Waals surface area contributed by atoms with E-state index in [1.54, 1.807) is 6.07 Å². The Balaban J connectivity index is 2.08. The van der Waals surface area contributed by atoms with E-state index >= 15 is 0 Å². The summed E-state index contributed by atoms with van der Waals surface area (Å²) in [6.45, 7) is 7.74. The fraction of sp³-hybridized carbons (Fsp3) is 0.211. The number of nitrogens with two attached hydrogens (primary N) is 3. The number of nitrogens with one attached hydrogen (secondary N) is 2. The van der Waals surface area contributed by atoms with Gasteiger partial charge in [0.05, 0.1) is 6.04 Å². The van der Waals surface area contributed by atoms with Crippen molar-refractivity contribution in [2.75, 3.05) is 5.73 Å². The maximum Gasteiger partial charge on any atom is 0.269 e. The number of anilines is 1. The van der Waals surface area contributed by atoms with Crippen LogP contribution in [0.4, 0.5) is 5.82 Å². The third kappa shape index (κ3) is 5.13. The average Bonchev–Trinajstić information content (AvgIpc) is 2.65. The van der Waals surface area contributed by atoms with E-state index in [4.69, 9.17) is 17.3 Å². The van der Waals surface area contributed by atoms with Crippen molar-refractivity contribution in [1.29, 1.82) is 0 Å². The molecule has 142 valence electrons. The first kappa shape index (κ1) is 20.1. The highest BCUT2D eigenvalue weighted by molar-refractivity contribution is 5.97. The molecule has 2 aromatic rings. The molecule has 0 unspecified atom stereocenters. The Morgan fingerprint density at radius 2 is 1.96 bits per heavy atom. The highest BCUT2D eigenvalue weighted by Crippen LogP contribution is 2.15.